The van der Waals surface area contributed by atoms with Gasteiger partial charge in [0.1, 0.15) is 0 Å². The lowest BCUT2D eigenvalue weighted by Gasteiger charge is -2.24. The molecular formula is C55H38. The zero-order valence-electron chi connectivity index (χ0n) is 31.0. The highest BCUT2D eigenvalue weighted by atomic mass is 14.4. The van der Waals surface area contributed by atoms with E-state index in [1.807, 2.05) is 0 Å². The van der Waals surface area contributed by atoms with Crippen LogP contribution in [-0.2, 0) is 5.41 Å². The van der Waals surface area contributed by atoms with Gasteiger partial charge in [-0.1, -0.05) is 178 Å². The van der Waals surface area contributed by atoms with E-state index in [-0.39, 0.29) is 5.41 Å². The minimum absolute atomic E-state index is 0.186. The Morgan fingerprint density at radius 3 is 1.31 bits per heavy atom. The van der Waals surface area contributed by atoms with Crippen LogP contribution in [0.4, 0.5) is 0 Å². The van der Waals surface area contributed by atoms with Crippen molar-refractivity contribution in [1.29, 1.82) is 0 Å². The highest BCUT2D eigenvalue weighted by Gasteiger charge is 2.37. The van der Waals surface area contributed by atoms with Gasteiger partial charge in [0.25, 0.3) is 0 Å². The Morgan fingerprint density at radius 2 is 0.709 bits per heavy atom. The van der Waals surface area contributed by atoms with Gasteiger partial charge in [0.2, 0.25) is 0 Å². The third-order valence-electron chi connectivity index (χ3n) is 12.2. The second-order valence-corrected chi connectivity index (χ2v) is 15.7. The number of rotatable bonds is 4. The molecule has 10 aromatic carbocycles. The Balaban J connectivity index is 1.16. The van der Waals surface area contributed by atoms with Gasteiger partial charge in [0, 0.05) is 5.41 Å². The van der Waals surface area contributed by atoms with Crippen molar-refractivity contribution in [3.8, 4) is 55.6 Å². The lowest BCUT2D eigenvalue weighted by Crippen LogP contribution is -2.15. The van der Waals surface area contributed by atoms with E-state index >= 15 is 0 Å². The third-order valence-corrected chi connectivity index (χ3v) is 12.2. The number of fused-ring (bicyclic) bond motifs is 7. The van der Waals surface area contributed by atoms with Crippen LogP contribution in [0.3, 0.4) is 0 Å². The smallest absolute Gasteiger partial charge is 0.0159 e. The average molecular weight is 699 g/mol. The van der Waals surface area contributed by atoms with Crippen molar-refractivity contribution in [2.24, 2.45) is 0 Å². The molecule has 0 bridgehead atoms. The summed E-state index contributed by atoms with van der Waals surface area (Å²) in [6.07, 6.45) is 0. The summed E-state index contributed by atoms with van der Waals surface area (Å²) in [5, 5.41) is 10.2. The van der Waals surface area contributed by atoms with Gasteiger partial charge in [-0.15, -0.1) is 0 Å². The molecule has 0 heteroatoms. The van der Waals surface area contributed by atoms with Gasteiger partial charge < -0.3 is 0 Å². The van der Waals surface area contributed by atoms with Crippen molar-refractivity contribution in [1.82, 2.24) is 0 Å². The van der Waals surface area contributed by atoms with Crippen molar-refractivity contribution in [3.05, 3.63) is 205 Å². The molecular weight excluding hydrogens is 661 g/mol. The zero-order valence-corrected chi connectivity index (χ0v) is 31.0. The lowest BCUT2D eigenvalue weighted by molar-refractivity contribution is 0.661. The Morgan fingerprint density at radius 1 is 0.273 bits per heavy atom. The van der Waals surface area contributed by atoms with E-state index in [2.05, 4.69) is 208 Å². The molecule has 0 saturated carbocycles. The second-order valence-electron chi connectivity index (χ2n) is 15.7. The molecule has 0 saturated heterocycles. The molecule has 55 heavy (non-hydrogen) atoms. The summed E-state index contributed by atoms with van der Waals surface area (Å²) < 4.78 is 0. The van der Waals surface area contributed by atoms with E-state index in [0.29, 0.717) is 0 Å². The maximum atomic E-state index is 2.54. The van der Waals surface area contributed by atoms with Gasteiger partial charge in [-0.25, -0.2) is 0 Å². The first-order chi connectivity index (χ1) is 27.0. The predicted molar refractivity (Wildman–Crippen MR) is 236 cm³/mol. The van der Waals surface area contributed by atoms with Crippen LogP contribution in [0, 0.1) is 0 Å². The summed E-state index contributed by atoms with van der Waals surface area (Å²) >= 11 is 0. The maximum absolute atomic E-state index is 2.54. The molecule has 0 fully saturated rings. The van der Waals surface area contributed by atoms with E-state index in [4.69, 9.17) is 0 Å². The quantitative estimate of drug-likeness (QED) is 0.161. The van der Waals surface area contributed by atoms with Crippen LogP contribution in [-0.4, -0.2) is 0 Å². The summed E-state index contributed by atoms with van der Waals surface area (Å²) in [6, 6.07) is 72.3. The Kier molecular flexibility index (Phi) is 7.00. The normalized spacial score (nSPS) is 13.1. The number of hydrogen-bond donors (Lipinski definition) is 0. The first-order valence-corrected chi connectivity index (χ1v) is 19.3. The predicted octanol–water partition coefficient (Wildman–Crippen LogP) is 15.3. The summed E-state index contributed by atoms with van der Waals surface area (Å²) in [7, 11) is 0. The standard InChI is InChI=1S/C55H38/c1-55(2)51-32-42(39-22-20-38(21-23-39)35-12-4-3-5-13-35)28-29-45(51)48-33-49-50(34-52(48)55)54(44-27-25-37-15-7-9-17-41(37)31-44)47-19-11-10-18-46(47)53(49)43-26-24-36-14-6-8-16-40(36)30-43/h3-34H,1-2H3. The van der Waals surface area contributed by atoms with Crippen LogP contribution in [0.2, 0.25) is 0 Å². The fraction of sp³-hybridized carbons (Fsp3) is 0.0545. The molecule has 0 nitrogen and oxygen atoms in total. The Hall–Kier alpha value is -6.76. The molecule has 1 aliphatic carbocycles. The molecule has 1 aliphatic rings. The lowest BCUT2D eigenvalue weighted by atomic mass is 9.79. The SMILES string of the molecule is CC1(C)c2cc(-c3ccc(-c4ccccc4)cc3)ccc2-c2cc3c(-c4ccc5ccccc5c4)c4ccccc4c(-c4ccc5ccccc5c4)c3cc21. The van der Waals surface area contributed by atoms with Crippen LogP contribution >= 0.6 is 0 Å². The minimum atomic E-state index is -0.186. The Labute approximate surface area is 322 Å². The highest BCUT2D eigenvalue weighted by Crippen LogP contribution is 2.54. The molecule has 0 aromatic heterocycles. The van der Waals surface area contributed by atoms with E-state index in [9.17, 15) is 0 Å². The van der Waals surface area contributed by atoms with Gasteiger partial charge in [-0.2, -0.15) is 0 Å². The molecule has 0 atom stereocenters. The van der Waals surface area contributed by atoms with Crippen molar-refractivity contribution >= 4 is 43.1 Å². The van der Waals surface area contributed by atoms with E-state index < -0.39 is 0 Å². The van der Waals surface area contributed by atoms with Crippen molar-refractivity contribution in [2.75, 3.05) is 0 Å². The van der Waals surface area contributed by atoms with Crippen molar-refractivity contribution in [3.63, 3.8) is 0 Å². The van der Waals surface area contributed by atoms with Crippen molar-refractivity contribution < 1.29 is 0 Å². The summed E-state index contributed by atoms with van der Waals surface area (Å²) in [5.74, 6) is 0. The monoisotopic (exact) mass is 698 g/mol. The second kappa shape index (κ2) is 12.1. The van der Waals surface area contributed by atoms with Crippen LogP contribution in [0.1, 0.15) is 25.0 Å². The highest BCUT2D eigenvalue weighted by molar-refractivity contribution is 6.23. The minimum Gasteiger partial charge on any atom is -0.0622 e. The largest absolute Gasteiger partial charge is 0.0622 e. The molecule has 0 amide bonds. The molecule has 0 N–H and O–H groups in total. The summed E-state index contributed by atoms with van der Waals surface area (Å²) in [6.45, 7) is 4.82. The zero-order chi connectivity index (χ0) is 36.7. The fourth-order valence-corrected chi connectivity index (χ4v) is 9.38. The molecule has 0 unspecified atom stereocenters. The van der Waals surface area contributed by atoms with Gasteiger partial charge in [0.15, 0.2) is 0 Å². The summed E-state index contributed by atoms with van der Waals surface area (Å²) in [4.78, 5) is 0. The molecule has 11 rings (SSSR count). The fourth-order valence-electron chi connectivity index (χ4n) is 9.38. The first kappa shape index (κ1) is 31.7. The van der Waals surface area contributed by atoms with Crippen molar-refractivity contribution in [2.45, 2.75) is 19.3 Å². The van der Waals surface area contributed by atoms with E-state index in [1.165, 1.54) is 110 Å². The maximum Gasteiger partial charge on any atom is 0.0159 e. The van der Waals surface area contributed by atoms with E-state index in [0.717, 1.165) is 0 Å². The van der Waals surface area contributed by atoms with Gasteiger partial charge in [-0.3, -0.25) is 0 Å². The molecule has 10 aromatic rings. The average Bonchev–Trinajstić information content (AvgIpc) is 3.46. The third kappa shape index (κ3) is 4.99. The van der Waals surface area contributed by atoms with Gasteiger partial charge >= 0.3 is 0 Å². The van der Waals surface area contributed by atoms with Crippen LogP contribution in [0.15, 0.2) is 194 Å². The molecule has 0 radical (unpaired) electrons. The van der Waals surface area contributed by atoms with Gasteiger partial charge in [-0.05, 0) is 140 Å². The summed E-state index contributed by atoms with van der Waals surface area (Å²) in [5.41, 5.74) is 15.3. The van der Waals surface area contributed by atoms with E-state index in [1.54, 1.807) is 0 Å². The number of benzene rings is 10. The van der Waals surface area contributed by atoms with Crippen LogP contribution in [0.25, 0.3) is 98.7 Å². The number of hydrogen-bond acceptors (Lipinski definition) is 0. The molecule has 0 spiro atoms. The molecule has 258 valence electrons. The van der Waals surface area contributed by atoms with Crippen LogP contribution < -0.4 is 0 Å². The topological polar surface area (TPSA) is 0 Å². The Bertz CT molecular complexity index is 3140. The molecule has 0 aliphatic heterocycles. The van der Waals surface area contributed by atoms with Crippen LogP contribution in [0.5, 0.6) is 0 Å². The first-order valence-electron chi connectivity index (χ1n) is 19.3. The van der Waals surface area contributed by atoms with Gasteiger partial charge in [0.05, 0.1) is 0 Å². The molecule has 0 heterocycles.